The number of para-hydroxylation sites is 4. The van der Waals surface area contributed by atoms with Crippen LogP contribution in [0.3, 0.4) is 0 Å². The van der Waals surface area contributed by atoms with Crippen LogP contribution in [0.2, 0.25) is 0 Å². The van der Waals surface area contributed by atoms with E-state index in [9.17, 15) is 4.79 Å². The van der Waals surface area contributed by atoms with Gasteiger partial charge in [0.2, 0.25) is 0 Å². The van der Waals surface area contributed by atoms with Gasteiger partial charge in [0.1, 0.15) is 5.01 Å². The van der Waals surface area contributed by atoms with E-state index in [0.29, 0.717) is 11.4 Å². The minimum Gasteiger partial charge on any atom is -0.323 e. The lowest BCUT2D eigenvalue weighted by Crippen LogP contribution is -2.09. The first-order valence-electron chi connectivity index (χ1n) is 18.8. The molecule has 6 nitrogen and oxygen atoms in total. The predicted molar refractivity (Wildman–Crippen MR) is 238 cm³/mol. The van der Waals surface area contributed by atoms with E-state index in [1.807, 2.05) is 24.3 Å². The predicted octanol–water partition coefficient (Wildman–Crippen LogP) is 13.8. The first kappa shape index (κ1) is 35.8. The number of hydrogen-bond acceptors (Lipinski definition) is 7. The van der Waals surface area contributed by atoms with Gasteiger partial charge >= 0.3 is 0 Å². The lowest BCUT2D eigenvalue weighted by Gasteiger charge is -2.26. The molecule has 0 N–H and O–H groups in total. The van der Waals surface area contributed by atoms with Crippen molar-refractivity contribution in [2.75, 3.05) is 9.80 Å². The van der Waals surface area contributed by atoms with Crippen LogP contribution in [0.1, 0.15) is 16.6 Å². The van der Waals surface area contributed by atoms with Crippen LogP contribution in [0, 0.1) is 0 Å². The molecule has 0 radical (unpaired) electrons. The maximum Gasteiger partial charge on any atom is 0.161 e. The molecule has 57 heavy (non-hydrogen) atoms. The molecule has 0 atom stereocenters. The minimum atomic E-state index is 0.614. The topological polar surface area (TPSA) is 54.3 Å². The largest absolute Gasteiger partial charge is 0.323 e. The summed E-state index contributed by atoms with van der Waals surface area (Å²) in [6.45, 7) is 2.89. The van der Waals surface area contributed by atoms with Gasteiger partial charge < -0.3 is 14.4 Å². The molecular weight excluding hydrogens is 739 g/mol. The minimum absolute atomic E-state index is 0.614. The van der Waals surface area contributed by atoms with Gasteiger partial charge in [0.05, 0.1) is 26.0 Å². The van der Waals surface area contributed by atoms with Crippen molar-refractivity contribution in [3.05, 3.63) is 193 Å². The summed E-state index contributed by atoms with van der Waals surface area (Å²) in [5, 5.41) is 0.831. The second kappa shape index (κ2) is 16.1. The highest BCUT2D eigenvalue weighted by atomic mass is 32.1. The molecule has 276 valence electrons. The first-order chi connectivity index (χ1) is 28.2. The molecule has 3 aromatic heterocycles. The molecule has 0 spiro atoms. The van der Waals surface area contributed by atoms with Crippen LogP contribution in [-0.4, -0.2) is 20.8 Å². The number of benzene rings is 6. The molecule has 0 aliphatic carbocycles. The third-order valence-electron chi connectivity index (χ3n) is 9.82. The molecule has 8 heteroatoms. The summed E-state index contributed by atoms with van der Waals surface area (Å²) in [6, 6.07) is 63.6. The van der Waals surface area contributed by atoms with E-state index in [0.717, 1.165) is 83.5 Å². The smallest absolute Gasteiger partial charge is 0.161 e. The maximum atomic E-state index is 11.4. The number of rotatable bonds is 12. The molecule has 0 unspecified atom stereocenters. The van der Waals surface area contributed by atoms with E-state index in [-0.39, 0.29) is 0 Å². The Bertz CT molecular complexity index is 2650. The molecule has 0 saturated heterocycles. The second-order valence-corrected chi connectivity index (χ2v) is 15.5. The first-order valence-corrected chi connectivity index (χ1v) is 20.4. The van der Waals surface area contributed by atoms with Crippen LogP contribution < -0.4 is 9.80 Å². The third-order valence-corrected chi connectivity index (χ3v) is 12.0. The van der Waals surface area contributed by atoms with Gasteiger partial charge in [-0.1, -0.05) is 97.1 Å². The van der Waals surface area contributed by atoms with Crippen molar-refractivity contribution in [2.45, 2.75) is 13.5 Å². The highest BCUT2D eigenvalue weighted by Gasteiger charge is 2.23. The summed E-state index contributed by atoms with van der Waals surface area (Å²) in [4.78, 5) is 28.6. The average molecular weight is 776 g/mol. The molecule has 0 amide bonds. The summed E-state index contributed by atoms with van der Waals surface area (Å²) < 4.78 is 2.32. The molecule has 9 aromatic rings. The Hall–Kier alpha value is -6.87. The van der Waals surface area contributed by atoms with E-state index < -0.39 is 0 Å². The zero-order chi connectivity index (χ0) is 38.6. The van der Waals surface area contributed by atoms with Crippen molar-refractivity contribution in [3.63, 3.8) is 0 Å². The van der Waals surface area contributed by atoms with Gasteiger partial charge in [0, 0.05) is 58.0 Å². The van der Waals surface area contributed by atoms with Crippen molar-refractivity contribution < 1.29 is 4.79 Å². The molecular formula is C49H37N5OS2. The zero-order valence-corrected chi connectivity index (χ0v) is 32.8. The van der Waals surface area contributed by atoms with E-state index >= 15 is 0 Å². The Morgan fingerprint density at radius 3 is 1.40 bits per heavy atom. The second-order valence-electron chi connectivity index (χ2n) is 13.3. The third kappa shape index (κ3) is 7.20. The van der Waals surface area contributed by atoms with Crippen LogP contribution in [-0.2, 0) is 6.54 Å². The van der Waals surface area contributed by atoms with Gasteiger partial charge in [0.15, 0.2) is 12.1 Å². The Balaban J connectivity index is 1.16. The van der Waals surface area contributed by atoms with Crippen molar-refractivity contribution in [3.8, 4) is 43.1 Å². The SMILES string of the molecule is CCn1c(-c2ccc(-c3ncc(C=O)s3)s2)nc(-c2ccc(N(c3ccccc3)c3ccccc3)cc2)c1-c1ccc(N(c2ccccc2)c2ccccc2)cc1. The Morgan fingerprint density at radius 1 is 0.526 bits per heavy atom. The van der Waals surface area contributed by atoms with Gasteiger partial charge in [-0.2, -0.15) is 0 Å². The fourth-order valence-electron chi connectivity index (χ4n) is 7.21. The van der Waals surface area contributed by atoms with Crippen molar-refractivity contribution >= 4 is 63.1 Å². The number of thiophene rings is 1. The van der Waals surface area contributed by atoms with Gasteiger partial charge in [-0.15, -0.1) is 22.7 Å². The highest BCUT2D eigenvalue weighted by molar-refractivity contribution is 7.24. The lowest BCUT2D eigenvalue weighted by molar-refractivity contribution is 0.112. The monoisotopic (exact) mass is 775 g/mol. The zero-order valence-electron chi connectivity index (χ0n) is 31.1. The van der Waals surface area contributed by atoms with Crippen molar-refractivity contribution in [1.29, 1.82) is 0 Å². The van der Waals surface area contributed by atoms with Crippen LogP contribution in [0.5, 0.6) is 0 Å². The molecule has 0 aliphatic heterocycles. The molecule has 9 rings (SSSR count). The van der Waals surface area contributed by atoms with Crippen LogP contribution in [0.25, 0.3) is 43.1 Å². The molecule has 0 saturated carbocycles. The summed E-state index contributed by atoms with van der Waals surface area (Å²) >= 11 is 3.05. The average Bonchev–Trinajstić information content (AvgIpc) is 4.05. The Labute approximate surface area is 340 Å². The molecule has 0 aliphatic rings. The quantitative estimate of drug-likeness (QED) is 0.116. The van der Waals surface area contributed by atoms with E-state index in [4.69, 9.17) is 4.98 Å². The molecule has 3 heterocycles. The maximum absolute atomic E-state index is 11.4. The number of thiazole rings is 1. The summed E-state index contributed by atoms with van der Waals surface area (Å²) in [6.07, 6.45) is 2.49. The number of hydrogen-bond donors (Lipinski definition) is 0. The molecule has 0 bridgehead atoms. The number of anilines is 6. The van der Waals surface area contributed by atoms with Gasteiger partial charge in [-0.3, -0.25) is 4.79 Å². The van der Waals surface area contributed by atoms with Gasteiger partial charge in [-0.05, 0) is 91.9 Å². The molecule has 6 aromatic carbocycles. The lowest BCUT2D eigenvalue weighted by atomic mass is 10.0. The van der Waals surface area contributed by atoms with Crippen LogP contribution >= 0.6 is 22.7 Å². The number of carbonyl (C=O) groups excluding carboxylic acids is 1. The number of imidazole rings is 1. The summed E-state index contributed by atoms with van der Waals surface area (Å²) in [7, 11) is 0. The Morgan fingerprint density at radius 2 is 0.965 bits per heavy atom. The summed E-state index contributed by atoms with van der Waals surface area (Å²) in [5.74, 6) is 0.893. The van der Waals surface area contributed by atoms with Gasteiger partial charge in [-0.25, -0.2) is 9.97 Å². The fraction of sp³-hybridized carbons (Fsp3) is 0.0408. The standard InChI is InChI=1S/C49H37N5OS2/c1-2-52-47(36-25-29-42(30-26-36)54(39-19-11-5-12-20-39)40-21-13-6-14-22-40)46(51-48(52)44-31-32-45(57-44)49-50-33-43(34-55)56-49)35-23-27-41(28-24-35)53(37-15-7-3-8-16-37)38-17-9-4-10-18-38/h3-34H,2H2,1H3. The number of nitrogens with zero attached hydrogens (tertiary/aromatic N) is 5. The Kier molecular flexibility index (Phi) is 10.1. The normalized spacial score (nSPS) is 11.0. The highest BCUT2D eigenvalue weighted by Crippen LogP contribution is 2.43. The summed E-state index contributed by atoms with van der Waals surface area (Å²) in [5.41, 5.74) is 10.5. The molecule has 0 fully saturated rings. The number of aldehydes is 1. The van der Waals surface area contributed by atoms with E-state index in [1.165, 1.54) is 11.3 Å². The van der Waals surface area contributed by atoms with Crippen LogP contribution in [0.15, 0.2) is 188 Å². The number of aromatic nitrogens is 3. The van der Waals surface area contributed by atoms with Crippen LogP contribution in [0.4, 0.5) is 34.1 Å². The number of carbonyl (C=O) groups is 1. The van der Waals surface area contributed by atoms with Gasteiger partial charge in [0.25, 0.3) is 0 Å². The van der Waals surface area contributed by atoms with Crippen molar-refractivity contribution in [1.82, 2.24) is 14.5 Å². The van der Waals surface area contributed by atoms with E-state index in [1.54, 1.807) is 17.5 Å². The fourth-order valence-corrected chi connectivity index (χ4v) is 9.01. The van der Waals surface area contributed by atoms with Crippen molar-refractivity contribution in [2.24, 2.45) is 0 Å². The van der Waals surface area contributed by atoms with E-state index in [2.05, 4.69) is 184 Å².